The van der Waals surface area contributed by atoms with Crippen molar-refractivity contribution in [2.45, 2.75) is 26.7 Å². The van der Waals surface area contributed by atoms with Gasteiger partial charge in [0, 0.05) is 0 Å². The molecule has 1 fully saturated rings. The van der Waals surface area contributed by atoms with E-state index in [1.807, 2.05) is 0 Å². The summed E-state index contributed by atoms with van der Waals surface area (Å²) in [5.41, 5.74) is 0. The molecule has 1 aliphatic rings. The molecule has 0 aromatic heterocycles. The molecule has 53 valence electrons. The second-order valence-corrected chi connectivity index (χ2v) is 4.15. The summed E-state index contributed by atoms with van der Waals surface area (Å²) >= 11 is 2.10. The number of hydrogen-bond acceptors (Lipinski definition) is 1. The van der Waals surface area contributed by atoms with Gasteiger partial charge in [-0.3, -0.25) is 0 Å². The summed E-state index contributed by atoms with van der Waals surface area (Å²) in [5.74, 6) is 5.36. The van der Waals surface area contributed by atoms with Gasteiger partial charge in [0.2, 0.25) is 0 Å². The van der Waals surface area contributed by atoms with Crippen LogP contribution >= 0.6 is 11.8 Å². The molecule has 1 radical (unpaired) electrons. The third-order valence-electron chi connectivity index (χ3n) is 1.95. The Hall–Kier alpha value is 0.350. The SMILES string of the molecule is CC(C)[C]1CCSCC1. The van der Waals surface area contributed by atoms with Crippen molar-refractivity contribution >= 4 is 11.8 Å². The summed E-state index contributed by atoms with van der Waals surface area (Å²) in [7, 11) is 0. The van der Waals surface area contributed by atoms with E-state index < -0.39 is 0 Å². The Labute approximate surface area is 62.4 Å². The molecule has 0 bridgehead atoms. The smallest absolute Gasteiger partial charge is 0.00619 e. The van der Waals surface area contributed by atoms with Gasteiger partial charge in [0.1, 0.15) is 0 Å². The first kappa shape index (κ1) is 7.46. The third kappa shape index (κ3) is 2.21. The lowest BCUT2D eigenvalue weighted by atomic mass is 9.91. The second-order valence-electron chi connectivity index (χ2n) is 2.93. The molecule has 1 saturated heterocycles. The van der Waals surface area contributed by atoms with Crippen molar-refractivity contribution in [3.63, 3.8) is 0 Å². The molecule has 0 aromatic carbocycles. The van der Waals surface area contributed by atoms with Gasteiger partial charge >= 0.3 is 0 Å². The van der Waals surface area contributed by atoms with Crippen LogP contribution in [-0.4, -0.2) is 11.5 Å². The minimum absolute atomic E-state index is 0.839. The van der Waals surface area contributed by atoms with Crippen LogP contribution < -0.4 is 0 Å². The van der Waals surface area contributed by atoms with E-state index in [1.165, 1.54) is 24.3 Å². The largest absolute Gasteiger partial charge is 0.162 e. The summed E-state index contributed by atoms with van der Waals surface area (Å²) in [6, 6.07) is 0. The van der Waals surface area contributed by atoms with Crippen LogP contribution in [0.25, 0.3) is 0 Å². The van der Waals surface area contributed by atoms with Crippen LogP contribution in [0.5, 0.6) is 0 Å². The molecule has 0 atom stereocenters. The van der Waals surface area contributed by atoms with Crippen LogP contribution in [-0.2, 0) is 0 Å². The van der Waals surface area contributed by atoms with E-state index >= 15 is 0 Å². The van der Waals surface area contributed by atoms with Crippen LogP contribution in [0.2, 0.25) is 0 Å². The van der Waals surface area contributed by atoms with E-state index in [0.29, 0.717) is 0 Å². The molecule has 0 amide bonds. The van der Waals surface area contributed by atoms with Crippen molar-refractivity contribution < 1.29 is 0 Å². The minimum Gasteiger partial charge on any atom is -0.162 e. The van der Waals surface area contributed by atoms with E-state index in [2.05, 4.69) is 25.6 Å². The van der Waals surface area contributed by atoms with Crippen molar-refractivity contribution in [1.29, 1.82) is 0 Å². The molecule has 0 nitrogen and oxygen atoms in total. The molecule has 0 unspecified atom stereocenters. The van der Waals surface area contributed by atoms with Crippen LogP contribution in [0.1, 0.15) is 26.7 Å². The van der Waals surface area contributed by atoms with Crippen molar-refractivity contribution in [3.8, 4) is 0 Å². The quantitative estimate of drug-likeness (QED) is 0.544. The van der Waals surface area contributed by atoms with Crippen LogP contribution in [0.3, 0.4) is 0 Å². The third-order valence-corrected chi connectivity index (χ3v) is 2.94. The van der Waals surface area contributed by atoms with E-state index in [9.17, 15) is 0 Å². The zero-order valence-corrected chi connectivity index (χ0v) is 7.13. The standard InChI is InChI=1S/C8H15S/c1-7(2)8-3-5-9-6-4-8/h7H,3-6H2,1-2H3. The zero-order valence-electron chi connectivity index (χ0n) is 6.31. The van der Waals surface area contributed by atoms with Gasteiger partial charge in [0.25, 0.3) is 0 Å². The number of hydrogen-bond donors (Lipinski definition) is 0. The lowest BCUT2D eigenvalue weighted by Gasteiger charge is -2.23. The Bertz CT molecular complexity index is 72.6. The predicted molar refractivity (Wildman–Crippen MR) is 44.6 cm³/mol. The molecule has 0 aromatic rings. The van der Waals surface area contributed by atoms with Gasteiger partial charge in [-0.15, -0.1) is 0 Å². The maximum atomic E-state index is 2.31. The minimum atomic E-state index is 0.839. The lowest BCUT2D eigenvalue weighted by Crippen LogP contribution is -2.12. The second kappa shape index (κ2) is 3.50. The van der Waals surface area contributed by atoms with Crippen molar-refractivity contribution in [1.82, 2.24) is 0 Å². The molecule has 1 heteroatoms. The topological polar surface area (TPSA) is 0 Å². The molecular formula is C8H15S. The summed E-state index contributed by atoms with van der Waals surface area (Å²) in [6.45, 7) is 4.62. The molecule has 1 rings (SSSR count). The zero-order chi connectivity index (χ0) is 6.69. The van der Waals surface area contributed by atoms with E-state index in [1.54, 1.807) is 5.92 Å². The molecule has 0 N–H and O–H groups in total. The Kier molecular flexibility index (Phi) is 2.90. The Morgan fingerprint density at radius 2 is 1.78 bits per heavy atom. The molecule has 0 aliphatic carbocycles. The fourth-order valence-corrected chi connectivity index (χ4v) is 2.23. The number of rotatable bonds is 1. The van der Waals surface area contributed by atoms with Crippen LogP contribution in [0.4, 0.5) is 0 Å². The molecule has 1 heterocycles. The van der Waals surface area contributed by atoms with Crippen molar-refractivity contribution in [2.24, 2.45) is 5.92 Å². The molecular weight excluding hydrogens is 128 g/mol. The van der Waals surface area contributed by atoms with Gasteiger partial charge in [-0.05, 0) is 36.2 Å². The van der Waals surface area contributed by atoms with Gasteiger partial charge in [0.05, 0.1) is 0 Å². The van der Waals surface area contributed by atoms with E-state index in [0.717, 1.165) is 5.92 Å². The highest BCUT2D eigenvalue weighted by Gasteiger charge is 2.16. The van der Waals surface area contributed by atoms with Crippen LogP contribution in [0, 0.1) is 11.8 Å². The van der Waals surface area contributed by atoms with Crippen LogP contribution in [0.15, 0.2) is 0 Å². The van der Waals surface area contributed by atoms with E-state index in [4.69, 9.17) is 0 Å². The fraction of sp³-hybridized carbons (Fsp3) is 0.875. The average Bonchev–Trinajstić information content (AvgIpc) is 1.90. The Balaban J connectivity index is 2.23. The van der Waals surface area contributed by atoms with Gasteiger partial charge < -0.3 is 0 Å². The molecule has 0 spiro atoms. The van der Waals surface area contributed by atoms with Gasteiger partial charge in [-0.1, -0.05) is 13.8 Å². The van der Waals surface area contributed by atoms with Gasteiger partial charge in [-0.25, -0.2) is 0 Å². The lowest BCUT2D eigenvalue weighted by molar-refractivity contribution is 0.581. The summed E-state index contributed by atoms with van der Waals surface area (Å²) < 4.78 is 0. The first-order chi connectivity index (χ1) is 4.30. The fourth-order valence-electron chi connectivity index (χ4n) is 1.21. The number of thioether (sulfide) groups is 1. The molecule has 0 saturated carbocycles. The molecule has 9 heavy (non-hydrogen) atoms. The Morgan fingerprint density at radius 1 is 1.22 bits per heavy atom. The average molecular weight is 143 g/mol. The highest BCUT2D eigenvalue weighted by atomic mass is 32.2. The Morgan fingerprint density at radius 3 is 2.11 bits per heavy atom. The normalized spacial score (nSPS) is 23.0. The van der Waals surface area contributed by atoms with Gasteiger partial charge in [-0.2, -0.15) is 11.8 Å². The highest BCUT2D eigenvalue weighted by Crippen LogP contribution is 2.29. The summed E-state index contributed by atoms with van der Waals surface area (Å²) in [4.78, 5) is 0. The summed E-state index contributed by atoms with van der Waals surface area (Å²) in [6.07, 6.45) is 2.75. The monoisotopic (exact) mass is 143 g/mol. The van der Waals surface area contributed by atoms with Crippen molar-refractivity contribution in [3.05, 3.63) is 5.92 Å². The predicted octanol–water partition coefficient (Wildman–Crippen LogP) is 2.74. The van der Waals surface area contributed by atoms with Gasteiger partial charge in [0.15, 0.2) is 0 Å². The van der Waals surface area contributed by atoms with Crippen molar-refractivity contribution in [2.75, 3.05) is 11.5 Å². The highest BCUT2D eigenvalue weighted by molar-refractivity contribution is 7.99. The maximum Gasteiger partial charge on any atom is -0.00619 e. The molecule has 1 aliphatic heterocycles. The first-order valence-electron chi connectivity index (χ1n) is 3.73. The summed E-state index contributed by atoms with van der Waals surface area (Å²) in [5, 5.41) is 0. The maximum absolute atomic E-state index is 2.31. The first-order valence-corrected chi connectivity index (χ1v) is 4.88. The van der Waals surface area contributed by atoms with E-state index in [-0.39, 0.29) is 0 Å².